The number of tetrazole rings is 1. The Kier molecular flexibility index (Phi) is 4.52. The molecule has 0 aliphatic carbocycles. The highest BCUT2D eigenvalue weighted by Gasteiger charge is 2.63. The fraction of sp³-hybridized carbons (Fsp3) is 0.471. The lowest BCUT2D eigenvalue weighted by atomic mass is 9.66. The number of aromatic nitrogens is 4. The van der Waals surface area contributed by atoms with Gasteiger partial charge in [0.25, 0.3) is 0 Å². The van der Waals surface area contributed by atoms with Crippen LogP contribution in [-0.4, -0.2) is 37.0 Å². The number of urea groups is 1. The van der Waals surface area contributed by atoms with E-state index in [1.807, 2.05) is 44.2 Å². The number of nitrogens with zero attached hydrogens (tertiary/aromatic N) is 5. The first-order chi connectivity index (χ1) is 12.0. The summed E-state index contributed by atoms with van der Waals surface area (Å²) in [5, 5.41) is 14.4. The molecule has 3 rings (SSSR count). The second-order valence-electron chi connectivity index (χ2n) is 6.25. The lowest BCUT2D eigenvalue weighted by Crippen LogP contribution is -2.67. The van der Waals surface area contributed by atoms with E-state index in [9.17, 15) is 9.59 Å². The maximum absolute atomic E-state index is 12.8. The number of benzene rings is 1. The predicted octanol–water partition coefficient (Wildman–Crippen LogP) is 1.81. The number of nitrogens with one attached hydrogen (secondary N) is 1. The van der Waals surface area contributed by atoms with Crippen molar-refractivity contribution in [1.82, 2.24) is 30.4 Å². The van der Waals surface area contributed by atoms with Crippen molar-refractivity contribution in [2.24, 2.45) is 12.5 Å². The summed E-state index contributed by atoms with van der Waals surface area (Å²) >= 11 is 0. The Morgan fingerprint density at radius 2 is 1.92 bits per heavy atom. The molecule has 1 aliphatic rings. The molecule has 132 valence electrons. The van der Waals surface area contributed by atoms with E-state index in [0.717, 1.165) is 5.56 Å². The third-order valence-corrected chi connectivity index (χ3v) is 5.09. The zero-order valence-corrected chi connectivity index (χ0v) is 14.6. The Labute approximate surface area is 146 Å². The number of aryl methyl sites for hydroxylation is 1. The molecule has 2 aromatic rings. The highest BCUT2D eigenvalue weighted by atomic mass is 16.2. The summed E-state index contributed by atoms with van der Waals surface area (Å²) in [4.78, 5) is 26.7. The average molecular weight is 342 g/mol. The second-order valence-corrected chi connectivity index (χ2v) is 6.25. The van der Waals surface area contributed by atoms with Gasteiger partial charge in [-0.2, -0.15) is 0 Å². The smallest absolute Gasteiger partial charge is 0.325 e. The predicted molar refractivity (Wildman–Crippen MR) is 90.1 cm³/mol. The van der Waals surface area contributed by atoms with Crippen LogP contribution in [0, 0.1) is 5.41 Å². The molecule has 1 saturated heterocycles. The van der Waals surface area contributed by atoms with Crippen molar-refractivity contribution in [1.29, 1.82) is 0 Å². The number of hydrogen-bond donors (Lipinski definition) is 1. The molecular formula is C17H22N6O2. The molecular weight excluding hydrogens is 320 g/mol. The van der Waals surface area contributed by atoms with E-state index in [1.54, 1.807) is 7.05 Å². The SMILES string of the molecule is CCC1(CC)C(=O)N(C(=O)NCc2ccccc2)C1c1nnnn1C. The first-order valence-corrected chi connectivity index (χ1v) is 8.42. The molecule has 25 heavy (non-hydrogen) atoms. The first kappa shape index (κ1) is 17.1. The molecule has 0 saturated carbocycles. The number of hydrogen-bond acceptors (Lipinski definition) is 5. The highest BCUT2D eigenvalue weighted by Crippen LogP contribution is 2.53. The van der Waals surface area contributed by atoms with Crippen molar-refractivity contribution in [2.75, 3.05) is 0 Å². The quantitative estimate of drug-likeness (QED) is 0.837. The summed E-state index contributed by atoms with van der Waals surface area (Å²) < 4.78 is 1.52. The summed E-state index contributed by atoms with van der Waals surface area (Å²) in [5.74, 6) is 0.356. The van der Waals surface area contributed by atoms with Crippen LogP contribution in [0.4, 0.5) is 4.79 Å². The highest BCUT2D eigenvalue weighted by molar-refractivity contribution is 6.03. The molecule has 1 atom stereocenters. The topological polar surface area (TPSA) is 93.0 Å². The molecule has 0 spiro atoms. The van der Waals surface area contributed by atoms with Gasteiger partial charge in [-0.05, 0) is 28.8 Å². The third-order valence-electron chi connectivity index (χ3n) is 5.09. The van der Waals surface area contributed by atoms with Crippen molar-refractivity contribution in [3.8, 4) is 0 Å². The van der Waals surface area contributed by atoms with Gasteiger partial charge in [0.1, 0.15) is 6.04 Å². The molecule has 1 fully saturated rings. The molecule has 1 unspecified atom stereocenters. The monoisotopic (exact) mass is 342 g/mol. The minimum Gasteiger partial charge on any atom is -0.334 e. The molecule has 1 N–H and O–H groups in total. The summed E-state index contributed by atoms with van der Waals surface area (Å²) in [6.07, 6.45) is 1.25. The Bertz CT molecular complexity index is 768. The fourth-order valence-corrected chi connectivity index (χ4v) is 3.49. The van der Waals surface area contributed by atoms with Gasteiger partial charge in [0.15, 0.2) is 5.82 Å². The van der Waals surface area contributed by atoms with Crippen LogP contribution in [0.25, 0.3) is 0 Å². The third kappa shape index (κ3) is 2.67. The normalized spacial score (nSPS) is 18.8. The van der Waals surface area contributed by atoms with Gasteiger partial charge in [-0.25, -0.2) is 9.48 Å². The van der Waals surface area contributed by atoms with Crippen LogP contribution in [0.3, 0.4) is 0 Å². The van der Waals surface area contributed by atoms with Crippen molar-refractivity contribution in [3.05, 3.63) is 41.7 Å². The molecule has 1 aromatic heterocycles. The molecule has 3 amide bonds. The van der Waals surface area contributed by atoms with Crippen LogP contribution in [0.15, 0.2) is 30.3 Å². The zero-order chi connectivity index (χ0) is 18.0. The van der Waals surface area contributed by atoms with Crippen molar-refractivity contribution < 1.29 is 9.59 Å². The van der Waals surface area contributed by atoms with Gasteiger partial charge >= 0.3 is 6.03 Å². The standard InChI is InChI=1S/C17H22N6O2/c1-4-17(5-2)13(14-19-20-21-22(14)3)23(15(17)24)16(25)18-11-12-9-7-6-8-10-12/h6-10,13H,4-5,11H2,1-3H3,(H,18,25). The minimum atomic E-state index is -0.632. The number of likely N-dealkylation sites (tertiary alicyclic amines) is 1. The Morgan fingerprint density at radius 1 is 1.24 bits per heavy atom. The van der Waals surface area contributed by atoms with E-state index in [1.165, 1.54) is 9.58 Å². The van der Waals surface area contributed by atoms with Crippen molar-refractivity contribution >= 4 is 11.9 Å². The van der Waals surface area contributed by atoms with Crippen LogP contribution < -0.4 is 5.32 Å². The molecule has 0 radical (unpaired) electrons. The number of carbonyl (C=O) groups excluding carboxylic acids is 2. The maximum Gasteiger partial charge on any atom is 0.325 e. The van der Waals surface area contributed by atoms with Crippen molar-refractivity contribution in [2.45, 2.75) is 39.3 Å². The van der Waals surface area contributed by atoms with E-state index < -0.39 is 17.5 Å². The van der Waals surface area contributed by atoms with Crippen LogP contribution >= 0.6 is 0 Å². The Morgan fingerprint density at radius 3 is 2.48 bits per heavy atom. The molecule has 8 nitrogen and oxygen atoms in total. The van der Waals surface area contributed by atoms with Crippen LogP contribution in [-0.2, 0) is 18.4 Å². The van der Waals surface area contributed by atoms with E-state index in [0.29, 0.717) is 25.2 Å². The number of rotatable bonds is 5. The van der Waals surface area contributed by atoms with Gasteiger partial charge in [-0.3, -0.25) is 9.69 Å². The minimum absolute atomic E-state index is 0.170. The van der Waals surface area contributed by atoms with E-state index >= 15 is 0 Å². The van der Waals surface area contributed by atoms with Gasteiger partial charge in [-0.15, -0.1) is 5.10 Å². The Hall–Kier alpha value is -2.77. The van der Waals surface area contributed by atoms with E-state index in [-0.39, 0.29) is 5.91 Å². The number of imide groups is 1. The van der Waals surface area contributed by atoms with Gasteiger partial charge in [0.2, 0.25) is 5.91 Å². The summed E-state index contributed by atoms with van der Waals surface area (Å²) in [6.45, 7) is 4.27. The van der Waals surface area contributed by atoms with Crippen LogP contribution in [0.5, 0.6) is 0 Å². The van der Waals surface area contributed by atoms with Crippen LogP contribution in [0.2, 0.25) is 0 Å². The maximum atomic E-state index is 12.8. The number of β-lactam (4-membered cyclic amide) rings is 1. The van der Waals surface area contributed by atoms with Gasteiger partial charge < -0.3 is 5.32 Å². The van der Waals surface area contributed by atoms with Crippen LogP contribution in [0.1, 0.15) is 44.1 Å². The molecule has 0 bridgehead atoms. The first-order valence-electron chi connectivity index (χ1n) is 8.42. The zero-order valence-electron chi connectivity index (χ0n) is 14.6. The lowest BCUT2D eigenvalue weighted by molar-refractivity contribution is -0.168. The largest absolute Gasteiger partial charge is 0.334 e. The number of carbonyl (C=O) groups is 2. The fourth-order valence-electron chi connectivity index (χ4n) is 3.49. The van der Waals surface area contributed by atoms with Gasteiger partial charge in [0.05, 0.1) is 5.41 Å². The lowest BCUT2D eigenvalue weighted by Gasteiger charge is -2.53. The number of amides is 3. The van der Waals surface area contributed by atoms with E-state index in [2.05, 4.69) is 20.8 Å². The molecule has 1 aliphatic heterocycles. The van der Waals surface area contributed by atoms with Gasteiger partial charge in [0, 0.05) is 13.6 Å². The Balaban J connectivity index is 1.83. The average Bonchev–Trinajstić information content (AvgIpc) is 3.05. The van der Waals surface area contributed by atoms with Gasteiger partial charge in [-0.1, -0.05) is 44.2 Å². The molecule has 8 heteroatoms. The summed E-state index contributed by atoms with van der Waals surface area (Å²) in [7, 11) is 1.72. The molecule has 2 heterocycles. The summed E-state index contributed by atoms with van der Waals surface area (Å²) in [6, 6.07) is 8.70. The second kappa shape index (κ2) is 6.62. The van der Waals surface area contributed by atoms with E-state index in [4.69, 9.17) is 0 Å². The summed E-state index contributed by atoms with van der Waals surface area (Å²) in [5.41, 5.74) is 0.338. The van der Waals surface area contributed by atoms with Crippen molar-refractivity contribution in [3.63, 3.8) is 0 Å². The molecule has 1 aromatic carbocycles.